The Labute approximate surface area is 122 Å². The SMILES string of the molecule is OCCN1CCCN(CC(O)CN2CCNCC2)CC1. The van der Waals surface area contributed by atoms with Gasteiger partial charge in [-0.3, -0.25) is 14.7 Å². The summed E-state index contributed by atoms with van der Waals surface area (Å²) < 4.78 is 0. The van der Waals surface area contributed by atoms with Gasteiger partial charge in [-0.05, 0) is 19.5 Å². The lowest BCUT2D eigenvalue weighted by Gasteiger charge is -2.31. The van der Waals surface area contributed by atoms with Crippen LogP contribution in [-0.4, -0.2) is 110 Å². The molecule has 2 saturated heterocycles. The van der Waals surface area contributed by atoms with E-state index in [1.54, 1.807) is 0 Å². The van der Waals surface area contributed by atoms with Crippen LogP contribution in [0.25, 0.3) is 0 Å². The molecule has 0 aromatic rings. The molecular formula is C14H30N4O2. The van der Waals surface area contributed by atoms with Gasteiger partial charge in [0.2, 0.25) is 0 Å². The molecule has 2 heterocycles. The molecule has 1 unspecified atom stereocenters. The van der Waals surface area contributed by atoms with Gasteiger partial charge >= 0.3 is 0 Å². The average Bonchev–Trinajstić information content (AvgIpc) is 2.66. The van der Waals surface area contributed by atoms with E-state index < -0.39 is 0 Å². The van der Waals surface area contributed by atoms with Gasteiger partial charge in [0.1, 0.15) is 0 Å². The van der Waals surface area contributed by atoms with Crippen LogP contribution in [0, 0.1) is 0 Å². The van der Waals surface area contributed by atoms with Crippen molar-refractivity contribution in [3.8, 4) is 0 Å². The number of β-amino-alcohol motifs (C(OH)–C–C–N with tert-alkyl or cyclic N) is 2. The fourth-order valence-corrected chi connectivity index (χ4v) is 3.12. The number of aliphatic hydroxyl groups excluding tert-OH is 2. The van der Waals surface area contributed by atoms with E-state index >= 15 is 0 Å². The molecule has 2 aliphatic rings. The van der Waals surface area contributed by atoms with Gasteiger partial charge in [-0.15, -0.1) is 0 Å². The van der Waals surface area contributed by atoms with Gasteiger partial charge in [0, 0.05) is 58.9 Å². The number of nitrogens with one attached hydrogen (secondary N) is 1. The van der Waals surface area contributed by atoms with Crippen molar-refractivity contribution < 1.29 is 10.2 Å². The predicted molar refractivity (Wildman–Crippen MR) is 79.9 cm³/mol. The molecule has 6 heteroatoms. The first kappa shape index (κ1) is 16.1. The molecular weight excluding hydrogens is 256 g/mol. The second kappa shape index (κ2) is 8.92. The van der Waals surface area contributed by atoms with Gasteiger partial charge < -0.3 is 15.5 Å². The quantitative estimate of drug-likeness (QED) is 0.538. The van der Waals surface area contributed by atoms with Gasteiger partial charge in [-0.1, -0.05) is 0 Å². The van der Waals surface area contributed by atoms with Gasteiger partial charge in [-0.25, -0.2) is 0 Å². The Morgan fingerprint density at radius 3 is 2.15 bits per heavy atom. The van der Waals surface area contributed by atoms with E-state index in [1.165, 1.54) is 0 Å². The Bertz CT molecular complexity index is 262. The molecule has 0 bridgehead atoms. The third-order valence-corrected chi connectivity index (χ3v) is 4.24. The predicted octanol–water partition coefficient (Wildman–Crippen LogP) is -1.75. The van der Waals surface area contributed by atoms with Crippen LogP contribution in [0.15, 0.2) is 0 Å². The molecule has 6 nitrogen and oxygen atoms in total. The number of aliphatic hydroxyl groups is 2. The zero-order chi connectivity index (χ0) is 14.2. The summed E-state index contributed by atoms with van der Waals surface area (Å²) in [6.07, 6.45) is 0.873. The summed E-state index contributed by atoms with van der Waals surface area (Å²) in [6.45, 7) is 10.9. The summed E-state index contributed by atoms with van der Waals surface area (Å²) in [5.41, 5.74) is 0. The van der Waals surface area contributed by atoms with Crippen molar-refractivity contribution in [1.82, 2.24) is 20.0 Å². The molecule has 2 fully saturated rings. The molecule has 0 aromatic heterocycles. The van der Waals surface area contributed by atoms with Gasteiger partial charge in [0.05, 0.1) is 12.7 Å². The Morgan fingerprint density at radius 2 is 1.45 bits per heavy atom. The Balaban J connectivity index is 1.66. The average molecular weight is 286 g/mol. The third-order valence-electron chi connectivity index (χ3n) is 4.24. The van der Waals surface area contributed by atoms with Crippen molar-refractivity contribution in [2.75, 3.05) is 78.6 Å². The molecule has 0 spiro atoms. The molecule has 2 aliphatic heterocycles. The summed E-state index contributed by atoms with van der Waals surface area (Å²) in [5, 5.41) is 22.6. The van der Waals surface area contributed by atoms with Crippen LogP contribution in [0.3, 0.4) is 0 Å². The summed E-state index contributed by atoms with van der Waals surface area (Å²) in [7, 11) is 0. The molecule has 1 atom stereocenters. The van der Waals surface area contributed by atoms with E-state index in [4.69, 9.17) is 5.11 Å². The Kier molecular flexibility index (Phi) is 7.19. The first-order valence-electron chi connectivity index (χ1n) is 7.94. The van der Waals surface area contributed by atoms with E-state index in [9.17, 15) is 5.11 Å². The molecule has 20 heavy (non-hydrogen) atoms. The zero-order valence-electron chi connectivity index (χ0n) is 12.5. The normalized spacial score (nSPS) is 25.5. The summed E-state index contributed by atoms with van der Waals surface area (Å²) in [6, 6.07) is 0. The molecule has 0 radical (unpaired) electrons. The van der Waals surface area contributed by atoms with E-state index in [0.29, 0.717) is 0 Å². The van der Waals surface area contributed by atoms with Crippen LogP contribution in [0.1, 0.15) is 6.42 Å². The van der Waals surface area contributed by atoms with E-state index in [-0.39, 0.29) is 12.7 Å². The fourth-order valence-electron chi connectivity index (χ4n) is 3.12. The van der Waals surface area contributed by atoms with Crippen LogP contribution in [0.2, 0.25) is 0 Å². The topological polar surface area (TPSA) is 62.2 Å². The van der Waals surface area contributed by atoms with Crippen LogP contribution >= 0.6 is 0 Å². The highest BCUT2D eigenvalue weighted by molar-refractivity contribution is 4.76. The maximum atomic E-state index is 10.3. The van der Waals surface area contributed by atoms with E-state index in [2.05, 4.69) is 20.0 Å². The Morgan fingerprint density at radius 1 is 0.850 bits per heavy atom. The van der Waals surface area contributed by atoms with Crippen molar-refractivity contribution in [2.24, 2.45) is 0 Å². The minimum Gasteiger partial charge on any atom is -0.395 e. The van der Waals surface area contributed by atoms with Crippen molar-refractivity contribution >= 4 is 0 Å². The summed E-state index contributed by atoms with van der Waals surface area (Å²) >= 11 is 0. The van der Waals surface area contributed by atoms with Crippen LogP contribution in [0.4, 0.5) is 0 Å². The molecule has 0 amide bonds. The van der Waals surface area contributed by atoms with Gasteiger partial charge in [0.25, 0.3) is 0 Å². The number of piperazine rings is 1. The van der Waals surface area contributed by atoms with Crippen molar-refractivity contribution in [3.05, 3.63) is 0 Å². The van der Waals surface area contributed by atoms with Crippen molar-refractivity contribution in [3.63, 3.8) is 0 Å². The molecule has 3 N–H and O–H groups in total. The maximum absolute atomic E-state index is 10.3. The lowest BCUT2D eigenvalue weighted by molar-refractivity contribution is 0.0702. The molecule has 0 aliphatic carbocycles. The number of rotatable bonds is 6. The number of hydrogen-bond donors (Lipinski definition) is 3. The number of hydrogen-bond acceptors (Lipinski definition) is 6. The van der Waals surface area contributed by atoms with Crippen LogP contribution < -0.4 is 5.32 Å². The highest BCUT2D eigenvalue weighted by atomic mass is 16.3. The molecule has 118 valence electrons. The summed E-state index contributed by atoms with van der Waals surface area (Å²) in [4.78, 5) is 7.02. The smallest absolute Gasteiger partial charge is 0.0793 e. The van der Waals surface area contributed by atoms with Crippen molar-refractivity contribution in [1.29, 1.82) is 0 Å². The monoisotopic (exact) mass is 286 g/mol. The first-order chi connectivity index (χ1) is 9.78. The van der Waals surface area contributed by atoms with Crippen LogP contribution in [0.5, 0.6) is 0 Å². The lowest BCUT2D eigenvalue weighted by Crippen LogP contribution is -2.48. The van der Waals surface area contributed by atoms with Crippen LogP contribution in [-0.2, 0) is 0 Å². The van der Waals surface area contributed by atoms with Gasteiger partial charge in [-0.2, -0.15) is 0 Å². The van der Waals surface area contributed by atoms with Gasteiger partial charge in [0.15, 0.2) is 0 Å². The maximum Gasteiger partial charge on any atom is 0.0793 e. The second-order valence-electron chi connectivity index (χ2n) is 5.92. The highest BCUT2D eigenvalue weighted by Crippen LogP contribution is 2.05. The highest BCUT2D eigenvalue weighted by Gasteiger charge is 2.19. The second-order valence-corrected chi connectivity index (χ2v) is 5.92. The molecule has 0 saturated carbocycles. The first-order valence-corrected chi connectivity index (χ1v) is 7.94. The van der Waals surface area contributed by atoms with E-state index in [0.717, 1.165) is 78.4 Å². The fraction of sp³-hybridized carbons (Fsp3) is 1.00. The molecule has 0 aromatic carbocycles. The standard InChI is InChI=1S/C14H30N4O2/c19-11-10-16-4-1-5-17(9-8-16)12-14(20)13-18-6-2-15-3-7-18/h14-15,19-20H,1-13H2. The van der Waals surface area contributed by atoms with E-state index in [1.807, 2.05) is 0 Å². The molecule has 2 rings (SSSR count). The third kappa shape index (κ3) is 5.63. The number of nitrogens with zero attached hydrogens (tertiary/aromatic N) is 3. The minimum atomic E-state index is -0.252. The zero-order valence-corrected chi connectivity index (χ0v) is 12.5. The van der Waals surface area contributed by atoms with Crippen molar-refractivity contribution in [2.45, 2.75) is 12.5 Å². The Hall–Kier alpha value is -0.240. The largest absolute Gasteiger partial charge is 0.395 e. The lowest BCUT2D eigenvalue weighted by atomic mass is 10.2. The summed E-state index contributed by atoms with van der Waals surface area (Å²) in [5.74, 6) is 0. The minimum absolute atomic E-state index is 0.242.